The highest BCUT2D eigenvalue weighted by Crippen LogP contribution is 2.32. The second-order valence-corrected chi connectivity index (χ2v) is 5.92. The van der Waals surface area contributed by atoms with E-state index in [2.05, 4.69) is 19.2 Å². The fourth-order valence-electron chi connectivity index (χ4n) is 2.43. The van der Waals surface area contributed by atoms with Crippen molar-refractivity contribution in [1.29, 1.82) is 0 Å². The fourth-order valence-corrected chi connectivity index (χ4v) is 2.56. The van der Waals surface area contributed by atoms with Gasteiger partial charge in [0.15, 0.2) is 0 Å². The molecule has 1 aliphatic rings. The SMILES string of the molecule is CC(C)CNC(=O)N1CCC[C@@H]1c1ccc(Cl)cc1. The number of carbonyl (C=O) groups excluding carboxylic acids is 1. The summed E-state index contributed by atoms with van der Waals surface area (Å²) in [7, 11) is 0. The van der Waals surface area contributed by atoms with Crippen molar-refractivity contribution in [2.75, 3.05) is 13.1 Å². The number of nitrogens with one attached hydrogen (secondary N) is 1. The Kier molecular flexibility index (Phi) is 4.70. The molecule has 3 nitrogen and oxygen atoms in total. The first kappa shape index (κ1) is 14.2. The van der Waals surface area contributed by atoms with Crippen molar-refractivity contribution in [1.82, 2.24) is 10.2 Å². The van der Waals surface area contributed by atoms with Gasteiger partial charge >= 0.3 is 6.03 Å². The van der Waals surface area contributed by atoms with E-state index in [9.17, 15) is 4.79 Å². The van der Waals surface area contributed by atoms with Crippen molar-refractivity contribution < 1.29 is 4.79 Å². The average molecular weight is 281 g/mol. The van der Waals surface area contributed by atoms with E-state index >= 15 is 0 Å². The number of urea groups is 1. The van der Waals surface area contributed by atoms with Crippen molar-refractivity contribution in [2.24, 2.45) is 5.92 Å². The molecule has 0 spiro atoms. The van der Waals surface area contributed by atoms with Crippen LogP contribution in [0.25, 0.3) is 0 Å². The maximum atomic E-state index is 12.2. The van der Waals surface area contributed by atoms with E-state index in [0.717, 1.165) is 31.0 Å². The lowest BCUT2D eigenvalue weighted by molar-refractivity contribution is 0.192. The lowest BCUT2D eigenvalue weighted by Gasteiger charge is -2.25. The number of nitrogens with zero attached hydrogens (tertiary/aromatic N) is 1. The molecule has 1 atom stereocenters. The van der Waals surface area contributed by atoms with E-state index in [-0.39, 0.29) is 12.1 Å². The first-order valence-corrected chi connectivity index (χ1v) is 7.25. The number of amides is 2. The maximum Gasteiger partial charge on any atom is 0.317 e. The Labute approximate surface area is 119 Å². The van der Waals surface area contributed by atoms with Gasteiger partial charge in [0.2, 0.25) is 0 Å². The van der Waals surface area contributed by atoms with E-state index < -0.39 is 0 Å². The lowest BCUT2D eigenvalue weighted by atomic mass is 10.1. The zero-order valence-corrected chi connectivity index (χ0v) is 12.3. The molecule has 19 heavy (non-hydrogen) atoms. The van der Waals surface area contributed by atoms with Gasteiger partial charge in [-0.1, -0.05) is 37.6 Å². The van der Waals surface area contributed by atoms with Gasteiger partial charge in [-0.05, 0) is 36.5 Å². The van der Waals surface area contributed by atoms with Gasteiger partial charge in [0.25, 0.3) is 0 Å². The summed E-state index contributed by atoms with van der Waals surface area (Å²) in [5.41, 5.74) is 1.17. The molecule has 1 N–H and O–H groups in total. The van der Waals surface area contributed by atoms with Crippen LogP contribution in [0.4, 0.5) is 4.79 Å². The van der Waals surface area contributed by atoms with Crippen LogP contribution in [0, 0.1) is 5.92 Å². The highest BCUT2D eigenvalue weighted by Gasteiger charge is 2.29. The number of likely N-dealkylation sites (tertiary alicyclic amines) is 1. The second kappa shape index (κ2) is 6.29. The molecule has 0 aromatic heterocycles. The third kappa shape index (κ3) is 3.63. The van der Waals surface area contributed by atoms with E-state index in [0.29, 0.717) is 5.92 Å². The molecule has 1 aromatic rings. The van der Waals surface area contributed by atoms with Crippen LogP contribution in [0.5, 0.6) is 0 Å². The van der Waals surface area contributed by atoms with Crippen LogP contribution in [-0.4, -0.2) is 24.0 Å². The predicted octanol–water partition coefficient (Wildman–Crippen LogP) is 3.84. The van der Waals surface area contributed by atoms with Gasteiger partial charge in [-0.2, -0.15) is 0 Å². The summed E-state index contributed by atoms with van der Waals surface area (Å²) in [6, 6.07) is 8.04. The summed E-state index contributed by atoms with van der Waals surface area (Å²) >= 11 is 5.91. The van der Waals surface area contributed by atoms with Crippen molar-refractivity contribution >= 4 is 17.6 Å². The monoisotopic (exact) mass is 280 g/mol. The lowest BCUT2D eigenvalue weighted by Crippen LogP contribution is -2.40. The number of hydrogen-bond donors (Lipinski definition) is 1. The smallest absolute Gasteiger partial charge is 0.317 e. The zero-order valence-electron chi connectivity index (χ0n) is 11.5. The van der Waals surface area contributed by atoms with Gasteiger partial charge in [-0.25, -0.2) is 4.79 Å². The standard InChI is InChI=1S/C15H21ClN2O/c1-11(2)10-17-15(19)18-9-3-4-14(18)12-5-7-13(16)8-6-12/h5-8,11,14H,3-4,9-10H2,1-2H3,(H,17,19)/t14-/m1/s1. The number of rotatable bonds is 3. The molecule has 104 valence electrons. The highest BCUT2D eigenvalue weighted by atomic mass is 35.5. The van der Waals surface area contributed by atoms with Crippen LogP contribution in [0.1, 0.15) is 38.3 Å². The number of benzene rings is 1. The first-order valence-electron chi connectivity index (χ1n) is 6.88. The minimum atomic E-state index is 0.0474. The molecular formula is C15H21ClN2O. The third-order valence-corrected chi connectivity index (χ3v) is 3.68. The van der Waals surface area contributed by atoms with Crippen molar-refractivity contribution in [3.63, 3.8) is 0 Å². The number of halogens is 1. The quantitative estimate of drug-likeness (QED) is 0.896. The maximum absolute atomic E-state index is 12.2. The molecule has 0 bridgehead atoms. The molecule has 0 unspecified atom stereocenters. The first-order chi connectivity index (χ1) is 9.08. The average Bonchev–Trinajstić information content (AvgIpc) is 2.86. The van der Waals surface area contributed by atoms with Crippen LogP contribution in [0.3, 0.4) is 0 Å². The topological polar surface area (TPSA) is 32.3 Å². The van der Waals surface area contributed by atoms with Gasteiger partial charge < -0.3 is 10.2 Å². The molecule has 4 heteroatoms. The Hall–Kier alpha value is -1.22. The number of hydrogen-bond acceptors (Lipinski definition) is 1. The summed E-state index contributed by atoms with van der Waals surface area (Å²) in [6.07, 6.45) is 2.08. The fraction of sp³-hybridized carbons (Fsp3) is 0.533. The van der Waals surface area contributed by atoms with Crippen LogP contribution < -0.4 is 5.32 Å². The van der Waals surface area contributed by atoms with Gasteiger partial charge in [0, 0.05) is 18.1 Å². The summed E-state index contributed by atoms with van der Waals surface area (Å²) < 4.78 is 0. The Morgan fingerprint density at radius 2 is 2.11 bits per heavy atom. The van der Waals surface area contributed by atoms with E-state index in [1.165, 1.54) is 5.56 Å². The Balaban J connectivity index is 2.04. The van der Waals surface area contributed by atoms with Gasteiger partial charge in [-0.15, -0.1) is 0 Å². The van der Waals surface area contributed by atoms with Gasteiger partial charge in [0.1, 0.15) is 0 Å². The molecule has 1 aromatic carbocycles. The third-order valence-electron chi connectivity index (χ3n) is 3.43. The minimum Gasteiger partial charge on any atom is -0.338 e. The van der Waals surface area contributed by atoms with Crippen molar-refractivity contribution in [2.45, 2.75) is 32.7 Å². The molecule has 0 aliphatic carbocycles. The largest absolute Gasteiger partial charge is 0.338 e. The van der Waals surface area contributed by atoms with Crippen LogP contribution in [0.2, 0.25) is 5.02 Å². The second-order valence-electron chi connectivity index (χ2n) is 5.48. The molecule has 1 aliphatic heterocycles. The summed E-state index contributed by atoms with van der Waals surface area (Å²) in [6.45, 7) is 5.75. The Morgan fingerprint density at radius 1 is 1.42 bits per heavy atom. The van der Waals surface area contributed by atoms with E-state index in [4.69, 9.17) is 11.6 Å². The van der Waals surface area contributed by atoms with Crippen LogP contribution in [-0.2, 0) is 0 Å². The Bertz CT molecular complexity index is 430. The molecule has 0 radical (unpaired) electrons. The zero-order chi connectivity index (χ0) is 13.8. The molecule has 0 saturated carbocycles. The molecule has 1 saturated heterocycles. The summed E-state index contributed by atoms with van der Waals surface area (Å²) in [5, 5.41) is 3.73. The van der Waals surface area contributed by atoms with Crippen LogP contribution >= 0.6 is 11.6 Å². The normalized spacial score (nSPS) is 18.9. The van der Waals surface area contributed by atoms with E-state index in [1.807, 2.05) is 29.2 Å². The van der Waals surface area contributed by atoms with Gasteiger partial charge in [-0.3, -0.25) is 0 Å². The number of carbonyl (C=O) groups is 1. The van der Waals surface area contributed by atoms with Crippen LogP contribution in [0.15, 0.2) is 24.3 Å². The molecule has 2 amide bonds. The van der Waals surface area contributed by atoms with Crippen molar-refractivity contribution in [3.8, 4) is 0 Å². The predicted molar refractivity (Wildman–Crippen MR) is 78.4 cm³/mol. The highest BCUT2D eigenvalue weighted by molar-refractivity contribution is 6.30. The molecule has 1 heterocycles. The molecular weight excluding hydrogens is 260 g/mol. The van der Waals surface area contributed by atoms with E-state index in [1.54, 1.807) is 0 Å². The summed E-state index contributed by atoms with van der Waals surface area (Å²) in [5.74, 6) is 0.473. The minimum absolute atomic E-state index is 0.0474. The molecule has 2 rings (SSSR count). The molecule has 1 fully saturated rings. The Morgan fingerprint density at radius 3 is 2.74 bits per heavy atom. The van der Waals surface area contributed by atoms with Gasteiger partial charge in [0.05, 0.1) is 6.04 Å². The summed E-state index contributed by atoms with van der Waals surface area (Å²) in [4.78, 5) is 14.1. The van der Waals surface area contributed by atoms with Crippen molar-refractivity contribution in [3.05, 3.63) is 34.9 Å².